The van der Waals surface area contributed by atoms with Crippen LogP contribution in [0.5, 0.6) is 6.01 Å². The second-order valence-electron chi connectivity index (χ2n) is 12.8. The quantitative estimate of drug-likeness (QED) is 0.233. The van der Waals surface area contributed by atoms with E-state index in [4.69, 9.17) is 32.9 Å². The number of piperazine rings is 1. The van der Waals surface area contributed by atoms with E-state index >= 15 is 4.39 Å². The molecule has 1 atom stereocenters. The molecule has 0 radical (unpaired) electrons. The van der Waals surface area contributed by atoms with Crippen LogP contribution in [0.25, 0.3) is 26.9 Å². The fourth-order valence-electron chi connectivity index (χ4n) is 8.10. The first-order valence-corrected chi connectivity index (χ1v) is 16.5. The Hall–Kier alpha value is -3.74. The molecule has 0 spiro atoms. The van der Waals surface area contributed by atoms with Gasteiger partial charge in [-0.05, 0) is 93.3 Å². The number of carbonyl (C=O) groups excluding carboxylic acids is 1. The van der Waals surface area contributed by atoms with E-state index in [1.807, 2.05) is 17.0 Å². The summed E-state index contributed by atoms with van der Waals surface area (Å²) in [6.07, 6.45) is 9.75. The summed E-state index contributed by atoms with van der Waals surface area (Å²) < 4.78 is 23.3. The third-order valence-electron chi connectivity index (χ3n) is 10.3. The lowest BCUT2D eigenvalue weighted by Crippen LogP contribution is -2.56. The van der Waals surface area contributed by atoms with Crippen molar-refractivity contribution in [1.82, 2.24) is 19.8 Å². The summed E-state index contributed by atoms with van der Waals surface area (Å²) in [7, 11) is 0. The first-order valence-electron chi connectivity index (χ1n) is 16.1. The molecule has 0 unspecified atom stereocenters. The lowest BCUT2D eigenvalue weighted by atomic mass is 9.85. The first-order chi connectivity index (χ1) is 21.9. The van der Waals surface area contributed by atoms with Crippen LogP contribution in [0.15, 0.2) is 36.9 Å². The number of benzene rings is 2. The van der Waals surface area contributed by atoms with Crippen LogP contribution in [0, 0.1) is 12.4 Å². The van der Waals surface area contributed by atoms with E-state index < -0.39 is 5.82 Å². The number of fused-ring (bicyclic) bond motifs is 3. The highest BCUT2D eigenvalue weighted by Crippen LogP contribution is 2.43. The molecule has 10 heteroatoms. The van der Waals surface area contributed by atoms with E-state index in [9.17, 15) is 4.79 Å². The molecule has 3 fully saturated rings. The van der Waals surface area contributed by atoms with Gasteiger partial charge in [-0.2, -0.15) is 9.97 Å². The summed E-state index contributed by atoms with van der Waals surface area (Å²) in [5.41, 5.74) is 3.73. The predicted octanol–water partition coefficient (Wildman–Crippen LogP) is 6.10. The number of ether oxygens (including phenoxy) is 1. The van der Waals surface area contributed by atoms with Gasteiger partial charge in [-0.15, -0.1) is 0 Å². The van der Waals surface area contributed by atoms with Gasteiger partial charge >= 0.3 is 6.01 Å². The molecule has 1 amide bonds. The number of nitrogens with zero attached hydrogens (tertiary/aromatic N) is 6. The second kappa shape index (κ2) is 12.2. The van der Waals surface area contributed by atoms with E-state index in [0.717, 1.165) is 75.6 Å². The molecule has 0 N–H and O–H groups in total. The molecule has 1 aromatic heterocycles. The highest BCUT2D eigenvalue weighted by Gasteiger charge is 2.45. The smallest absolute Gasteiger partial charge is 0.319 e. The SMILES string of the molecule is [C-]#[N+]C[C@H]1CN(c2nc(OCC34CCCN3CCC4)nc3c(F)c(-c4cccc5c4CCCC5)c(Cl)cc23)CCN1C(=O)C=C. The summed E-state index contributed by atoms with van der Waals surface area (Å²) >= 11 is 6.95. The highest BCUT2D eigenvalue weighted by molar-refractivity contribution is 6.34. The Kier molecular flexibility index (Phi) is 8.13. The number of hydrogen-bond acceptors (Lipinski definition) is 6. The van der Waals surface area contributed by atoms with Crippen LogP contribution in [-0.2, 0) is 17.6 Å². The van der Waals surface area contributed by atoms with Crippen LogP contribution in [-0.4, -0.2) is 83.1 Å². The molecule has 4 aliphatic rings. The maximum absolute atomic E-state index is 16.9. The van der Waals surface area contributed by atoms with Crippen molar-refractivity contribution in [2.75, 3.05) is 50.8 Å². The molecular weight excluding hydrogens is 591 g/mol. The van der Waals surface area contributed by atoms with Gasteiger partial charge in [-0.3, -0.25) is 9.69 Å². The van der Waals surface area contributed by atoms with E-state index in [0.29, 0.717) is 48.0 Å². The van der Waals surface area contributed by atoms with Crippen LogP contribution in [0.4, 0.5) is 10.2 Å². The van der Waals surface area contributed by atoms with E-state index in [1.165, 1.54) is 11.6 Å². The molecule has 4 heterocycles. The molecule has 0 bridgehead atoms. The van der Waals surface area contributed by atoms with Gasteiger partial charge in [0.25, 0.3) is 0 Å². The zero-order chi connectivity index (χ0) is 31.1. The number of halogens is 2. The third-order valence-corrected chi connectivity index (χ3v) is 10.6. The van der Waals surface area contributed by atoms with Gasteiger partial charge in [-0.1, -0.05) is 36.4 Å². The average molecular weight is 629 g/mol. The number of rotatable bonds is 7. The van der Waals surface area contributed by atoms with Crippen LogP contribution >= 0.6 is 11.6 Å². The molecule has 1 aliphatic carbocycles. The minimum absolute atomic E-state index is 0.0251. The van der Waals surface area contributed by atoms with Gasteiger partial charge in [0.1, 0.15) is 24.0 Å². The average Bonchev–Trinajstić information content (AvgIpc) is 3.64. The van der Waals surface area contributed by atoms with Crippen molar-refractivity contribution in [2.24, 2.45) is 0 Å². The minimum atomic E-state index is -0.482. The molecule has 234 valence electrons. The van der Waals surface area contributed by atoms with Crippen molar-refractivity contribution in [3.63, 3.8) is 0 Å². The zero-order valence-corrected chi connectivity index (χ0v) is 26.3. The normalized spacial score (nSPS) is 21.0. The zero-order valence-electron chi connectivity index (χ0n) is 25.5. The summed E-state index contributed by atoms with van der Waals surface area (Å²) in [4.78, 5) is 32.0. The number of carbonyl (C=O) groups is 1. The summed E-state index contributed by atoms with van der Waals surface area (Å²) in [6, 6.07) is 7.61. The Morgan fingerprint density at radius 1 is 1.16 bits per heavy atom. The van der Waals surface area contributed by atoms with Crippen LogP contribution < -0.4 is 9.64 Å². The standard InChI is InChI=1S/C35H38ClFN6O2/c1-3-29(44)43-18-17-41(21-24(43)20-38-2)33-27-19-28(36)30(26-12-6-10-23-9-4-5-11-25(23)26)31(37)32(27)39-34(40-33)45-22-35-13-7-15-42(35)16-8-14-35/h3,6,10,12,19,24H,1,4-5,7-9,11,13-18,20-22H2/t24-/m0/s1. The second-order valence-corrected chi connectivity index (χ2v) is 13.2. The minimum Gasteiger partial charge on any atom is -0.461 e. The first kappa shape index (κ1) is 29.9. The molecule has 3 aromatic rings. The Balaban J connectivity index is 1.33. The van der Waals surface area contributed by atoms with Crippen molar-refractivity contribution in [1.29, 1.82) is 0 Å². The number of amides is 1. The van der Waals surface area contributed by atoms with Crippen LogP contribution in [0.2, 0.25) is 5.02 Å². The number of hydrogen-bond donors (Lipinski definition) is 0. The van der Waals surface area contributed by atoms with Gasteiger partial charge in [0, 0.05) is 30.6 Å². The largest absolute Gasteiger partial charge is 0.461 e. The van der Waals surface area contributed by atoms with Gasteiger partial charge in [0.15, 0.2) is 5.82 Å². The third kappa shape index (κ3) is 5.32. The van der Waals surface area contributed by atoms with Gasteiger partial charge < -0.3 is 19.4 Å². The van der Waals surface area contributed by atoms with E-state index in [-0.39, 0.29) is 35.6 Å². The summed E-state index contributed by atoms with van der Waals surface area (Å²) in [5.74, 6) is -0.184. The Bertz CT molecular complexity index is 1700. The maximum atomic E-state index is 16.9. The lowest BCUT2D eigenvalue weighted by molar-refractivity contribution is -0.128. The Labute approximate surface area is 268 Å². The molecule has 45 heavy (non-hydrogen) atoms. The monoisotopic (exact) mass is 628 g/mol. The molecule has 2 aromatic carbocycles. The van der Waals surface area contributed by atoms with E-state index in [1.54, 1.807) is 11.0 Å². The van der Waals surface area contributed by atoms with E-state index in [2.05, 4.69) is 22.4 Å². The molecular formula is C35H38ClFN6O2. The molecule has 3 saturated heterocycles. The molecule has 3 aliphatic heterocycles. The van der Waals surface area contributed by atoms with Gasteiger partial charge in [0.2, 0.25) is 12.5 Å². The van der Waals surface area contributed by atoms with Crippen LogP contribution in [0.1, 0.15) is 49.7 Å². The lowest BCUT2D eigenvalue weighted by Gasteiger charge is -2.39. The van der Waals surface area contributed by atoms with Crippen molar-refractivity contribution in [2.45, 2.75) is 62.9 Å². The predicted molar refractivity (Wildman–Crippen MR) is 174 cm³/mol. The topological polar surface area (TPSA) is 66.2 Å². The maximum Gasteiger partial charge on any atom is 0.319 e. The summed E-state index contributed by atoms with van der Waals surface area (Å²) in [5, 5.41) is 0.798. The van der Waals surface area contributed by atoms with Gasteiger partial charge in [-0.25, -0.2) is 11.0 Å². The van der Waals surface area contributed by atoms with Crippen molar-refractivity contribution < 1.29 is 13.9 Å². The highest BCUT2D eigenvalue weighted by atomic mass is 35.5. The Morgan fingerprint density at radius 3 is 2.73 bits per heavy atom. The fraction of sp³-hybridized carbons (Fsp3) is 0.486. The number of aromatic nitrogens is 2. The van der Waals surface area contributed by atoms with Crippen molar-refractivity contribution >= 4 is 34.2 Å². The molecule has 8 nitrogen and oxygen atoms in total. The number of aryl methyl sites for hydroxylation is 1. The fourth-order valence-corrected chi connectivity index (χ4v) is 8.40. The van der Waals surface area contributed by atoms with Crippen molar-refractivity contribution in [3.8, 4) is 17.1 Å². The van der Waals surface area contributed by atoms with Crippen LogP contribution in [0.3, 0.4) is 0 Å². The van der Waals surface area contributed by atoms with Gasteiger partial charge in [0.05, 0.1) is 10.6 Å². The summed E-state index contributed by atoms with van der Waals surface area (Å²) in [6.45, 7) is 15.1. The van der Waals surface area contributed by atoms with Crippen molar-refractivity contribution in [3.05, 3.63) is 70.3 Å². The molecule has 7 rings (SSSR count). The Morgan fingerprint density at radius 2 is 1.96 bits per heavy atom. The number of anilines is 1. The molecule has 0 saturated carbocycles.